The van der Waals surface area contributed by atoms with E-state index >= 15 is 0 Å². The number of imidazole rings is 1. The van der Waals surface area contributed by atoms with Crippen molar-refractivity contribution in [1.82, 2.24) is 24.4 Å². The smallest absolute Gasteiger partial charge is 0.329 e. The average molecular weight is 450 g/mol. The number of H-pyrrole nitrogens is 1. The number of nitrogens with one attached hydrogen (secondary N) is 2. The van der Waals surface area contributed by atoms with Gasteiger partial charge in [-0.25, -0.2) is 9.78 Å². The molecule has 0 aliphatic rings. The van der Waals surface area contributed by atoms with E-state index in [1.807, 2.05) is 7.05 Å². The SMILES string of the molecule is CCCCCCCCNCC(O)CCCCCCCc1nc2c(c(=O)[nH]c(=O)n2C)n1C. The lowest BCUT2D eigenvalue weighted by Gasteiger charge is -2.11. The fourth-order valence-electron chi connectivity index (χ4n) is 4.17. The van der Waals surface area contributed by atoms with Crippen LogP contribution in [-0.2, 0) is 20.5 Å². The standard InChI is InChI=1S/C24H43N5O3/c1-4-5-6-7-11-14-17-25-18-19(30)15-12-9-8-10-13-16-20-26-22-21(28(20)2)23(31)27-24(32)29(22)3/h19,25,30H,4-18H2,1-3H3,(H,27,31,32). The molecular formula is C24H43N5O3. The van der Waals surface area contributed by atoms with Gasteiger partial charge in [-0.3, -0.25) is 14.3 Å². The fraction of sp³-hybridized carbons (Fsp3) is 0.792. The highest BCUT2D eigenvalue weighted by molar-refractivity contribution is 5.70. The molecule has 2 rings (SSSR count). The van der Waals surface area contributed by atoms with Gasteiger partial charge >= 0.3 is 5.69 Å². The third-order valence-corrected chi connectivity index (χ3v) is 6.25. The molecule has 32 heavy (non-hydrogen) atoms. The van der Waals surface area contributed by atoms with Gasteiger partial charge in [0, 0.05) is 27.1 Å². The number of aryl methyl sites for hydroxylation is 3. The third-order valence-electron chi connectivity index (χ3n) is 6.25. The molecule has 2 heterocycles. The molecule has 0 spiro atoms. The van der Waals surface area contributed by atoms with E-state index in [1.54, 1.807) is 11.6 Å². The van der Waals surface area contributed by atoms with Crippen molar-refractivity contribution in [3.63, 3.8) is 0 Å². The summed E-state index contributed by atoms with van der Waals surface area (Å²) < 4.78 is 3.18. The molecule has 2 aromatic heterocycles. The summed E-state index contributed by atoms with van der Waals surface area (Å²) in [5.41, 5.74) is 0.0628. The van der Waals surface area contributed by atoms with Crippen LogP contribution in [0.2, 0.25) is 0 Å². The zero-order valence-corrected chi connectivity index (χ0v) is 20.3. The van der Waals surface area contributed by atoms with Gasteiger partial charge in [-0.05, 0) is 25.8 Å². The number of aromatic nitrogens is 4. The quantitative estimate of drug-likeness (QED) is 0.322. The Labute approximate surface area is 191 Å². The first-order valence-corrected chi connectivity index (χ1v) is 12.5. The molecule has 1 atom stereocenters. The number of hydrogen-bond acceptors (Lipinski definition) is 5. The molecule has 3 N–H and O–H groups in total. The van der Waals surface area contributed by atoms with Crippen LogP contribution in [0, 0.1) is 0 Å². The molecule has 0 fully saturated rings. The van der Waals surface area contributed by atoms with E-state index in [0.717, 1.165) is 57.3 Å². The third kappa shape index (κ3) is 8.20. The lowest BCUT2D eigenvalue weighted by Crippen LogP contribution is -2.29. The number of aliphatic hydroxyl groups excluding tert-OH is 1. The predicted molar refractivity (Wildman–Crippen MR) is 130 cm³/mol. The summed E-state index contributed by atoms with van der Waals surface area (Å²) in [6.45, 7) is 3.94. The summed E-state index contributed by atoms with van der Waals surface area (Å²) in [5, 5.41) is 13.5. The number of hydrogen-bond donors (Lipinski definition) is 3. The van der Waals surface area contributed by atoms with Crippen LogP contribution in [0.25, 0.3) is 11.2 Å². The van der Waals surface area contributed by atoms with Gasteiger partial charge in [0.25, 0.3) is 5.56 Å². The monoisotopic (exact) mass is 449 g/mol. The van der Waals surface area contributed by atoms with Crippen molar-refractivity contribution in [2.75, 3.05) is 13.1 Å². The first-order valence-electron chi connectivity index (χ1n) is 12.5. The first kappa shape index (κ1) is 26.3. The van der Waals surface area contributed by atoms with E-state index in [4.69, 9.17) is 0 Å². The molecule has 2 aromatic rings. The van der Waals surface area contributed by atoms with E-state index < -0.39 is 5.69 Å². The predicted octanol–water partition coefficient (Wildman–Crippen LogP) is 3.15. The lowest BCUT2D eigenvalue weighted by molar-refractivity contribution is 0.158. The highest BCUT2D eigenvalue weighted by Gasteiger charge is 2.14. The highest BCUT2D eigenvalue weighted by atomic mass is 16.3. The van der Waals surface area contributed by atoms with Crippen molar-refractivity contribution in [2.24, 2.45) is 14.1 Å². The summed E-state index contributed by atoms with van der Waals surface area (Å²) in [7, 11) is 3.45. The van der Waals surface area contributed by atoms with Gasteiger partial charge in [0.1, 0.15) is 5.82 Å². The summed E-state index contributed by atoms with van der Waals surface area (Å²) in [6.07, 6.45) is 14.5. The van der Waals surface area contributed by atoms with Crippen LogP contribution in [-0.4, -0.2) is 43.4 Å². The van der Waals surface area contributed by atoms with Crippen LogP contribution in [0.3, 0.4) is 0 Å². The van der Waals surface area contributed by atoms with Crippen LogP contribution in [0.5, 0.6) is 0 Å². The fourth-order valence-corrected chi connectivity index (χ4v) is 4.17. The molecule has 0 saturated carbocycles. The molecule has 0 aliphatic carbocycles. The van der Waals surface area contributed by atoms with Crippen LogP contribution in [0.4, 0.5) is 0 Å². The molecule has 0 bridgehead atoms. The number of aromatic amines is 1. The molecule has 0 radical (unpaired) electrons. The number of unbranched alkanes of at least 4 members (excludes halogenated alkanes) is 9. The zero-order chi connectivity index (χ0) is 23.3. The molecule has 0 amide bonds. The lowest BCUT2D eigenvalue weighted by atomic mass is 10.1. The van der Waals surface area contributed by atoms with E-state index in [0.29, 0.717) is 17.7 Å². The van der Waals surface area contributed by atoms with Gasteiger partial charge in [0.15, 0.2) is 11.2 Å². The minimum absolute atomic E-state index is 0.250. The van der Waals surface area contributed by atoms with Gasteiger partial charge in [0.2, 0.25) is 0 Å². The normalized spacial score (nSPS) is 12.6. The van der Waals surface area contributed by atoms with Gasteiger partial charge in [-0.2, -0.15) is 0 Å². The van der Waals surface area contributed by atoms with Gasteiger partial charge in [0.05, 0.1) is 6.10 Å². The number of fused-ring (bicyclic) bond motifs is 1. The van der Waals surface area contributed by atoms with E-state index in [9.17, 15) is 14.7 Å². The van der Waals surface area contributed by atoms with Crippen LogP contribution in [0.1, 0.15) is 89.8 Å². The van der Waals surface area contributed by atoms with Gasteiger partial charge in [-0.15, -0.1) is 0 Å². The van der Waals surface area contributed by atoms with Gasteiger partial charge in [-0.1, -0.05) is 64.7 Å². The molecule has 1 unspecified atom stereocenters. The summed E-state index contributed by atoms with van der Waals surface area (Å²) in [4.78, 5) is 30.7. The van der Waals surface area contributed by atoms with Crippen LogP contribution < -0.4 is 16.6 Å². The maximum atomic E-state index is 12.1. The van der Waals surface area contributed by atoms with E-state index in [1.165, 1.54) is 43.1 Å². The largest absolute Gasteiger partial charge is 0.392 e. The molecular weight excluding hydrogens is 406 g/mol. The van der Waals surface area contributed by atoms with Crippen molar-refractivity contribution >= 4 is 11.2 Å². The Morgan fingerprint density at radius 1 is 0.938 bits per heavy atom. The minimum Gasteiger partial charge on any atom is -0.392 e. The summed E-state index contributed by atoms with van der Waals surface area (Å²) in [5.74, 6) is 0.832. The van der Waals surface area contributed by atoms with Crippen molar-refractivity contribution < 1.29 is 5.11 Å². The maximum absolute atomic E-state index is 12.1. The first-order chi connectivity index (χ1) is 15.5. The topological polar surface area (TPSA) is 105 Å². The molecule has 8 heteroatoms. The maximum Gasteiger partial charge on any atom is 0.329 e. The second kappa shape index (κ2) is 14.3. The summed E-state index contributed by atoms with van der Waals surface area (Å²) >= 11 is 0. The second-order valence-corrected chi connectivity index (χ2v) is 9.01. The Kier molecular flexibility index (Phi) is 11.7. The second-order valence-electron chi connectivity index (χ2n) is 9.01. The van der Waals surface area contributed by atoms with E-state index in [-0.39, 0.29) is 11.7 Å². The molecule has 182 valence electrons. The van der Waals surface area contributed by atoms with Crippen molar-refractivity contribution in [2.45, 2.75) is 96.5 Å². The van der Waals surface area contributed by atoms with Crippen LogP contribution >= 0.6 is 0 Å². The Balaban J connectivity index is 1.54. The van der Waals surface area contributed by atoms with Gasteiger partial charge < -0.3 is 15.0 Å². The Hall–Kier alpha value is -1.93. The Morgan fingerprint density at radius 2 is 1.59 bits per heavy atom. The molecule has 0 saturated heterocycles. The van der Waals surface area contributed by atoms with Crippen molar-refractivity contribution in [3.05, 3.63) is 26.7 Å². The highest BCUT2D eigenvalue weighted by Crippen LogP contribution is 2.13. The van der Waals surface area contributed by atoms with Crippen molar-refractivity contribution in [1.29, 1.82) is 0 Å². The van der Waals surface area contributed by atoms with Crippen LogP contribution in [0.15, 0.2) is 9.59 Å². The van der Waals surface area contributed by atoms with Crippen molar-refractivity contribution in [3.8, 4) is 0 Å². The minimum atomic E-state index is -0.438. The number of aliphatic hydroxyl groups is 1. The zero-order valence-electron chi connectivity index (χ0n) is 20.3. The molecule has 8 nitrogen and oxygen atoms in total. The number of nitrogens with zero attached hydrogens (tertiary/aromatic N) is 3. The summed E-state index contributed by atoms with van der Waals surface area (Å²) in [6, 6.07) is 0. The molecule has 0 aromatic carbocycles. The van der Waals surface area contributed by atoms with E-state index in [2.05, 4.69) is 22.2 Å². The Morgan fingerprint density at radius 3 is 2.34 bits per heavy atom. The number of rotatable bonds is 17. The Bertz CT molecular complexity index is 915. The molecule has 0 aliphatic heterocycles. The average Bonchev–Trinajstić information content (AvgIpc) is 3.10.